The smallest absolute Gasteiger partial charge is 0.136 e. The lowest BCUT2D eigenvalue weighted by Crippen LogP contribution is -2.51. The molecule has 1 saturated heterocycles. The van der Waals surface area contributed by atoms with Gasteiger partial charge < -0.3 is 9.21 Å². The third-order valence-corrected chi connectivity index (χ3v) is 10.2. The molecule has 3 heterocycles. The molecule has 0 aromatic heterocycles. The van der Waals surface area contributed by atoms with Gasteiger partial charge in [-0.05, 0) is 109 Å². The SMILES string of the molecule is CC1CC(C2=NNCN2C)(c2cccc(N3Cc4c(cc(CN5CCCCC5)cc4-c4ccccc4)S3)c2)C1. The summed E-state index contributed by atoms with van der Waals surface area (Å²) in [5.41, 5.74) is 11.5. The van der Waals surface area contributed by atoms with Crippen molar-refractivity contribution in [3.63, 3.8) is 0 Å². The molecule has 3 aliphatic heterocycles. The molecule has 39 heavy (non-hydrogen) atoms. The average molecular weight is 538 g/mol. The van der Waals surface area contributed by atoms with Crippen LogP contribution in [-0.2, 0) is 18.5 Å². The average Bonchev–Trinajstić information content (AvgIpc) is 3.58. The maximum absolute atomic E-state index is 4.75. The largest absolute Gasteiger partial charge is 0.342 e. The third kappa shape index (κ3) is 4.62. The molecule has 4 aliphatic rings. The van der Waals surface area contributed by atoms with E-state index in [0.29, 0.717) is 0 Å². The maximum atomic E-state index is 4.75. The van der Waals surface area contributed by atoms with Crippen LogP contribution in [-0.4, -0.2) is 42.4 Å². The Labute approximate surface area is 237 Å². The van der Waals surface area contributed by atoms with Gasteiger partial charge >= 0.3 is 0 Å². The minimum Gasteiger partial charge on any atom is -0.342 e. The molecule has 1 aliphatic carbocycles. The number of hydrogen-bond acceptors (Lipinski definition) is 6. The normalized spacial score (nSPS) is 24.8. The number of likely N-dealkylation sites (N-methyl/N-ethyl adjacent to an activating group) is 1. The molecule has 6 heteroatoms. The minimum atomic E-state index is 0.0156. The van der Waals surface area contributed by atoms with Gasteiger partial charge in [0.2, 0.25) is 0 Å². The van der Waals surface area contributed by atoms with Gasteiger partial charge in [0, 0.05) is 24.2 Å². The van der Waals surface area contributed by atoms with Crippen LogP contribution in [0.5, 0.6) is 0 Å². The summed E-state index contributed by atoms with van der Waals surface area (Å²) in [6, 6.07) is 25.2. The molecule has 0 bridgehead atoms. The second kappa shape index (κ2) is 10.2. The van der Waals surface area contributed by atoms with Crippen LogP contribution in [0, 0.1) is 5.92 Å². The van der Waals surface area contributed by atoms with Crippen LogP contribution >= 0.6 is 11.9 Å². The molecule has 0 amide bonds. The van der Waals surface area contributed by atoms with E-state index in [-0.39, 0.29) is 5.41 Å². The van der Waals surface area contributed by atoms with Gasteiger partial charge in [0.25, 0.3) is 0 Å². The monoisotopic (exact) mass is 537 g/mol. The highest BCUT2D eigenvalue weighted by Crippen LogP contribution is 2.51. The number of amidine groups is 1. The zero-order valence-corrected chi connectivity index (χ0v) is 24.0. The second-order valence-electron chi connectivity index (χ2n) is 12.0. The third-order valence-electron chi connectivity index (χ3n) is 9.08. The zero-order chi connectivity index (χ0) is 26.4. The van der Waals surface area contributed by atoms with Gasteiger partial charge in [0.1, 0.15) is 12.5 Å². The second-order valence-corrected chi connectivity index (χ2v) is 13.1. The highest BCUT2D eigenvalue weighted by Gasteiger charge is 2.50. The van der Waals surface area contributed by atoms with Gasteiger partial charge in [0.15, 0.2) is 0 Å². The fourth-order valence-corrected chi connectivity index (χ4v) is 8.35. The molecule has 202 valence electrons. The minimum absolute atomic E-state index is 0.0156. The van der Waals surface area contributed by atoms with Crippen molar-refractivity contribution >= 4 is 23.5 Å². The van der Waals surface area contributed by atoms with Crippen molar-refractivity contribution in [2.45, 2.75) is 62.4 Å². The Morgan fingerprint density at radius 1 is 0.974 bits per heavy atom. The number of benzene rings is 3. The van der Waals surface area contributed by atoms with E-state index >= 15 is 0 Å². The number of nitrogens with one attached hydrogen (secondary N) is 1. The van der Waals surface area contributed by atoms with Crippen LogP contribution in [0.3, 0.4) is 0 Å². The van der Waals surface area contributed by atoms with Gasteiger partial charge in [-0.25, -0.2) is 0 Å². The Bertz CT molecular complexity index is 1370. The van der Waals surface area contributed by atoms with Crippen molar-refractivity contribution in [3.8, 4) is 11.1 Å². The van der Waals surface area contributed by atoms with Crippen LogP contribution < -0.4 is 9.73 Å². The standard InChI is InChI=1S/C33H39N5S/c1-24-19-33(20-24,32-35-34-23-36(32)2)27-12-9-13-28(18-27)38-22-30-29(26-10-5-3-6-11-26)16-25(17-31(30)39-38)21-37-14-7-4-8-15-37/h3,5-6,9-13,16-18,24,34H,4,7-8,14-15,19-23H2,1-2H3. The van der Waals surface area contributed by atoms with Crippen molar-refractivity contribution in [2.75, 3.05) is 31.1 Å². The Kier molecular flexibility index (Phi) is 6.56. The molecule has 0 radical (unpaired) electrons. The van der Waals surface area contributed by atoms with E-state index in [1.54, 1.807) is 0 Å². The van der Waals surface area contributed by atoms with Crippen molar-refractivity contribution in [1.29, 1.82) is 0 Å². The quantitative estimate of drug-likeness (QED) is 0.348. The number of fused-ring (bicyclic) bond motifs is 1. The number of hydrazone groups is 1. The van der Waals surface area contributed by atoms with E-state index in [1.807, 2.05) is 11.9 Å². The summed E-state index contributed by atoms with van der Waals surface area (Å²) in [5.74, 6) is 1.92. The van der Waals surface area contributed by atoms with Crippen molar-refractivity contribution in [3.05, 3.63) is 83.4 Å². The summed E-state index contributed by atoms with van der Waals surface area (Å²) in [6.45, 7) is 7.58. The van der Waals surface area contributed by atoms with Gasteiger partial charge in [0.05, 0.1) is 12.0 Å². The molecule has 1 saturated carbocycles. The number of anilines is 1. The fourth-order valence-electron chi connectivity index (χ4n) is 7.21. The summed E-state index contributed by atoms with van der Waals surface area (Å²) in [4.78, 5) is 6.33. The van der Waals surface area contributed by atoms with Gasteiger partial charge in [-0.2, -0.15) is 5.10 Å². The Hall–Kier alpha value is -2.96. The molecular weight excluding hydrogens is 498 g/mol. The Morgan fingerprint density at radius 3 is 2.54 bits per heavy atom. The van der Waals surface area contributed by atoms with Crippen molar-refractivity contribution < 1.29 is 0 Å². The lowest BCUT2D eigenvalue weighted by Gasteiger charge is -2.48. The topological polar surface area (TPSA) is 34.1 Å². The predicted molar refractivity (Wildman–Crippen MR) is 163 cm³/mol. The highest BCUT2D eigenvalue weighted by atomic mass is 32.2. The molecule has 3 aromatic carbocycles. The first-order valence-electron chi connectivity index (χ1n) is 14.6. The lowest BCUT2D eigenvalue weighted by molar-refractivity contribution is 0.215. The molecule has 0 spiro atoms. The Balaban J connectivity index is 1.21. The first-order valence-corrected chi connectivity index (χ1v) is 15.4. The summed E-state index contributed by atoms with van der Waals surface area (Å²) in [6.07, 6.45) is 6.35. The van der Waals surface area contributed by atoms with Gasteiger partial charge in [-0.3, -0.25) is 10.3 Å². The van der Waals surface area contributed by atoms with E-state index in [9.17, 15) is 0 Å². The van der Waals surface area contributed by atoms with Crippen molar-refractivity contribution in [1.82, 2.24) is 15.2 Å². The molecule has 7 rings (SSSR count). The van der Waals surface area contributed by atoms with Crippen LogP contribution in [0.2, 0.25) is 0 Å². The maximum Gasteiger partial charge on any atom is 0.136 e. The van der Waals surface area contributed by atoms with E-state index in [2.05, 4.69) is 100 Å². The molecule has 1 N–H and O–H groups in total. The van der Waals surface area contributed by atoms with Gasteiger partial charge in [-0.1, -0.05) is 55.8 Å². The van der Waals surface area contributed by atoms with E-state index in [4.69, 9.17) is 5.10 Å². The molecule has 5 nitrogen and oxygen atoms in total. The number of piperidine rings is 1. The van der Waals surface area contributed by atoms with Crippen molar-refractivity contribution in [2.24, 2.45) is 11.0 Å². The number of nitrogens with zero attached hydrogens (tertiary/aromatic N) is 4. The first-order chi connectivity index (χ1) is 19.1. The summed E-state index contributed by atoms with van der Waals surface area (Å²) >= 11 is 1.91. The number of rotatable bonds is 6. The van der Waals surface area contributed by atoms with Gasteiger partial charge in [-0.15, -0.1) is 0 Å². The summed E-state index contributed by atoms with van der Waals surface area (Å²) in [5, 5.41) is 4.75. The number of likely N-dealkylation sites (tertiary alicyclic amines) is 1. The highest BCUT2D eigenvalue weighted by molar-refractivity contribution is 8.01. The molecule has 0 atom stereocenters. The molecule has 2 fully saturated rings. The lowest BCUT2D eigenvalue weighted by atomic mass is 9.58. The molecule has 0 unspecified atom stereocenters. The summed E-state index contributed by atoms with van der Waals surface area (Å²) < 4.78 is 2.50. The first kappa shape index (κ1) is 25.0. The van der Waals surface area contributed by atoms with Crippen LogP contribution in [0.15, 0.2) is 76.7 Å². The number of hydrogen-bond donors (Lipinski definition) is 1. The molecular formula is C33H39N5S. The van der Waals surface area contributed by atoms with E-state index < -0.39 is 0 Å². The van der Waals surface area contributed by atoms with Crippen LogP contribution in [0.1, 0.15) is 55.7 Å². The molecule has 3 aromatic rings. The summed E-state index contributed by atoms with van der Waals surface area (Å²) in [7, 11) is 2.16. The zero-order valence-electron chi connectivity index (χ0n) is 23.2. The fraction of sp³-hybridized carbons (Fsp3) is 0.424. The van der Waals surface area contributed by atoms with E-state index in [0.717, 1.165) is 38.5 Å². The Morgan fingerprint density at radius 2 is 1.79 bits per heavy atom. The van der Waals surface area contributed by atoms with E-state index in [1.165, 1.54) is 76.6 Å². The predicted octanol–water partition coefficient (Wildman–Crippen LogP) is 6.84. The van der Waals surface area contributed by atoms with Crippen LogP contribution in [0.4, 0.5) is 5.69 Å². The van der Waals surface area contributed by atoms with Crippen LogP contribution in [0.25, 0.3) is 11.1 Å².